The highest BCUT2D eigenvalue weighted by molar-refractivity contribution is 7.12. The van der Waals surface area contributed by atoms with E-state index < -0.39 is 0 Å². The average Bonchev–Trinajstić information content (AvgIpc) is 3.37. The van der Waals surface area contributed by atoms with Gasteiger partial charge >= 0.3 is 0 Å². The third-order valence-electron chi connectivity index (χ3n) is 4.54. The summed E-state index contributed by atoms with van der Waals surface area (Å²) in [6, 6.07) is 9.11. The van der Waals surface area contributed by atoms with Crippen LogP contribution < -0.4 is 10.6 Å². The zero-order valence-corrected chi connectivity index (χ0v) is 17.2. The molecular weight excluding hydrogens is 364 g/mol. The normalized spacial score (nSPS) is 17.2. The molecule has 5 nitrogen and oxygen atoms in total. The molecule has 0 aliphatic carbocycles. The van der Waals surface area contributed by atoms with E-state index in [0.717, 1.165) is 51.8 Å². The summed E-state index contributed by atoms with van der Waals surface area (Å²) in [5, 5.41) is 9.10. The number of guanidine groups is 1. The molecule has 3 rings (SSSR count). The van der Waals surface area contributed by atoms with Gasteiger partial charge in [-0.2, -0.15) is 0 Å². The van der Waals surface area contributed by atoms with Crippen LogP contribution in [0.2, 0.25) is 0 Å². The maximum atomic E-state index is 5.52. The van der Waals surface area contributed by atoms with Gasteiger partial charge in [0.05, 0.1) is 25.8 Å². The first-order valence-corrected chi connectivity index (χ1v) is 10.9. The first-order chi connectivity index (χ1) is 12.8. The topological polar surface area (TPSA) is 48.9 Å². The van der Waals surface area contributed by atoms with Crippen molar-refractivity contribution in [3.05, 3.63) is 44.3 Å². The van der Waals surface area contributed by atoms with Gasteiger partial charge in [-0.3, -0.25) is 9.89 Å². The Kier molecular flexibility index (Phi) is 7.49. The monoisotopic (exact) mass is 392 g/mol. The van der Waals surface area contributed by atoms with Gasteiger partial charge in [-0.1, -0.05) is 13.0 Å². The van der Waals surface area contributed by atoms with Crippen molar-refractivity contribution in [2.45, 2.75) is 25.9 Å². The Morgan fingerprint density at radius 3 is 2.69 bits per heavy atom. The number of aryl methyl sites for hydroxylation is 1. The van der Waals surface area contributed by atoms with Crippen molar-refractivity contribution in [2.24, 2.45) is 4.99 Å². The van der Waals surface area contributed by atoms with Crippen LogP contribution in [0.25, 0.3) is 0 Å². The fourth-order valence-electron chi connectivity index (χ4n) is 3.07. The number of morpholine rings is 1. The van der Waals surface area contributed by atoms with Crippen molar-refractivity contribution in [1.82, 2.24) is 15.5 Å². The van der Waals surface area contributed by atoms with Gasteiger partial charge in [0.2, 0.25) is 0 Å². The molecule has 0 radical (unpaired) electrons. The van der Waals surface area contributed by atoms with Crippen molar-refractivity contribution in [2.75, 3.05) is 39.9 Å². The van der Waals surface area contributed by atoms with Gasteiger partial charge in [-0.05, 0) is 30.0 Å². The second-order valence-electron chi connectivity index (χ2n) is 6.21. The van der Waals surface area contributed by atoms with Crippen LogP contribution >= 0.6 is 22.7 Å². The van der Waals surface area contributed by atoms with Crippen molar-refractivity contribution < 1.29 is 4.74 Å². The van der Waals surface area contributed by atoms with Crippen LogP contribution in [-0.2, 0) is 17.7 Å². The Morgan fingerprint density at radius 2 is 2.04 bits per heavy atom. The molecule has 2 aromatic rings. The van der Waals surface area contributed by atoms with Crippen LogP contribution in [0.1, 0.15) is 27.6 Å². The Hall–Kier alpha value is -1.41. The zero-order valence-electron chi connectivity index (χ0n) is 15.5. The number of ether oxygens (including phenoxy) is 1. The lowest BCUT2D eigenvalue weighted by atomic mass is 10.2. The lowest BCUT2D eigenvalue weighted by molar-refractivity contribution is 0.0177. The van der Waals surface area contributed by atoms with E-state index in [1.54, 1.807) is 0 Å². The highest BCUT2D eigenvalue weighted by atomic mass is 32.1. The lowest BCUT2D eigenvalue weighted by Gasteiger charge is -2.34. The maximum Gasteiger partial charge on any atom is 0.191 e. The molecule has 2 N–H and O–H groups in total. The van der Waals surface area contributed by atoms with E-state index in [2.05, 4.69) is 57.1 Å². The summed E-state index contributed by atoms with van der Waals surface area (Å²) in [5.74, 6) is 0.853. The number of hydrogen-bond acceptors (Lipinski definition) is 5. The molecule has 0 aromatic carbocycles. The number of aliphatic imine (C=N–C) groups is 1. The maximum absolute atomic E-state index is 5.52. The van der Waals surface area contributed by atoms with Crippen LogP contribution in [0.4, 0.5) is 0 Å². The highest BCUT2D eigenvalue weighted by Gasteiger charge is 2.23. The van der Waals surface area contributed by atoms with Gasteiger partial charge in [-0.15, -0.1) is 22.7 Å². The van der Waals surface area contributed by atoms with Gasteiger partial charge in [0.1, 0.15) is 0 Å². The van der Waals surface area contributed by atoms with Gasteiger partial charge < -0.3 is 15.4 Å². The number of nitrogens with zero attached hydrogens (tertiary/aromatic N) is 2. The molecule has 1 saturated heterocycles. The van der Waals surface area contributed by atoms with Crippen LogP contribution in [0.15, 0.2) is 34.6 Å². The molecule has 1 aliphatic heterocycles. The minimum Gasteiger partial charge on any atom is -0.379 e. The molecule has 0 saturated carbocycles. The predicted octanol–water partition coefficient (Wildman–Crippen LogP) is 3.11. The molecule has 1 aliphatic rings. The molecule has 26 heavy (non-hydrogen) atoms. The Labute approximate surface area is 164 Å². The SMILES string of the molecule is CCc1ccc(CNC(=NC)NCC(c2cccs2)N2CCOCC2)s1. The molecule has 7 heteroatoms. The number of nitrogens with one attached hydrogen (secondary N) is 2. The predicted molar refractivity (Wildman–Crippen MR) is 111 cm³/mol. The lowest BCUT2D eigenvalue weighted by Crippen LogP contribution is -2.45. The van der Waals surface area contributed by atoms with Gasteiger partial charge in [0.15, 0.2) is 5.96 Å². The Bertz CT molecular complexity index is 678. The average molecular weight is 393 g/mol. The van der Waals surface area contributed by atoms with E-state index in [1.165, 1.54) is 14.6 Å². The quantitative estimate of drug-likeness (QED) is 0.561. The fraction of sp³-hybridized carbons (Fsp3) is 0.526. The first kappa shape index (κ1) is 19.4. The van der Waals surface area contributed by atoms with Crippen LogP contribution in [0, 0.1) is 0 Å². The first-order valence-electron chi connectivity index (χ1n) is 9.17. The van der Waals surface area contributed by atoms with Gasteiger partial charge in [-0.25, -0.2) is 0 Å². The number of thiophene rings is 2. The van der Waals surface area contributed by atoms with E-state index in [-0.39, 0.29) is 0 Å². The molecule has 1 fully saturated rings. The molecule has 3 heterocycles. The third-order valence-corrected chi connectivity index (χ3v) is 6.74. The van der Waals surface area contributed by atoms with Crippen molar-refractivity contribution in [1.29, 1.82) is 0 Å². The van der Waals surface area contributed by atoms with Crippen LogP contribution in [-0.4, -0.2) is 50.8 Å². The second kappa shape index (κ2) is 10.1. The minimum absolute atomic E-state index is 0.353. The highest BCUT2D eigenvalue weighted by Crippen LogP contribution is 2.25. The van der Waals surface area contributed by atoms with E-state index in [4.69, 9.17) is 4.74 Å². The standard InChI is InChI=1S/C19H28N4OS2/c1-3-15-6-7-16(26-15)13-21-19(20-2)22-14-17(18-5-4-12-25-18)23-8-10-24-11-9-23/h4-7,12,17H,3,8-11,13-14H2,1-2H3,(H2,20,21,22). The number of rotatable bonds is 7. The van der Waals surface area contributed by atoms with Crippen molar-refractivity contribution >= 4 is 28.6 Å². The molecule has 0 bridgehead atoms. The smallest absolute Gasteiger partial charge is 0.191 e. The molecule has 2 aromatic heterocycles. The van der Waals surface area contributed by atoms with Crippen LogP contribution in [0.3, 0.4) is 0 Å². The zero-order chi connectivity index (χ0) is 18.2. The Morgan fingerprint density at radius 1 is 1.23 bits per heavy atom. The molecular formula is C19H28N4OS2. The fourth-order valence-corrected chi connectivity index (χ4v) is 4.83. The van der Waals surface area contributed by atoms with Crippen molar-refractivity contribution in [3.8, 4) is 0 Å². The van der Waals surface area contributed by atoms with E-state index in [0.29, 0.717) is 6.04 Å². The largest absolute Gasteiger partial charge is 0.379 e. The summed E-state index contributed by atoms with van der Waals surface area (Å²) in [4.78, 5) is 11.0. The summed E-state index contributed by atoms with van der Waals surface area (Å²) in [6.45, 7) is 7.42. The van der Waals surface area contributed by atoms with E-state index >= 15 is 0 Å². The molecule has 0 spiro atoms. The Balaban J connectivity index is 1.55. The van der Waals surface area contributed by atoms with Gasteiger partial charge in [0.25, 0.3) is 0 Å². The third kappa shape index (κ3) is 5.30. The van der Waals surface area contributed by atoms with Gasteiger partial charge in [0, 0.05) is 41.3 Å². The van der Waals surface area contributed by atoms with Crippen molar-refractivity contribution in [3.63, 3.8) is 0 Å². The number of hydrogen-bond donors (Lipinski definition) is 2. The van der Waals surface area contributed by atoms with E-state index in [9.17, 15) is 0 Å². The second-order valence-corrected chi connectivity index (χ2v) is 8.44. The van der Waals surface area contributed by atoms with E-state index in [1.807, 2.05) is 29.7 Å². The summed E-state index contributed by atoms with van der Waals surface area (Å²) < 4.78 is 5.52. The molecule has 1 atom stereocenters. The minimum atomic E-state index is 0.353. The summed E-state index contributed by atoms with van der Waals surface area (Å²) >= 11 is 3.68. The summed E-state index contributed by atoms with van der Waals surface area (Å²) in [7, 11) is 1.83. The molecule has 1 unspecified atom stereocenters. The van der Waals surface area contributed by atoms with Crippen LogP contribution in [0.5, 0.6) is 0 Å². The summed E-state index contributed by atoms with van der Waals surface area (Å²) in [6.07, 6.45) is 1.10. The summed E-state index contributed by atoms with van der Waals surface area (Å²) in [5.41, 5.74) is 0. The molecule has 0 amide bonds. The molecule has 142 valence electrons.